The predicted octanol–water partition coefficient (Wildman–Crippen LogP) is 4.70. The van der Waals surface area contributed by atoms with Crippen molar-refractivity contribution in [1.29, 1.82) is 0 Å². The van der Waals surface area contributed by atoms with Crippen LogP contribution >= 0.6 is 23.1 Å². The summed E-state index contributed by atoms with van der Waals surface area (Å²) in [6.07, 6.45) is 7.18. The maximum atomic E-state index is 13.8. The second kappa shape index (κ2) is 11.1. The number of β-lactam (4-membered cyclic amide) rings is 1. The summed E-state index contributed by atoms with van der Waals surface area (Å²) < 4.78 is 18.6. The second-order valence-corrected chi connectivity index (χ2v) is 12.7. The van der Waals surface area contributed by atoms with Crippen molar-refractivity contribution in [2.75, 3.05) is 6.26 Å². The van der Waals surface area contributed by atoms with Gasteiger partial charge in [-0.05, 0) is 38.9 Å². The number of rotatable bonds is 8. The van der Waals surface area contributed by atoms with Crippen LogP contribution in [0.4, 0.5) is 4.79 Å². The van der Waals surface area contributed by atoms with Gasteiger partial charge in [-0.2, -0.15) is 0 Å². The predicted molar refractivity (Wildman–Crippen MR) is 146 cm³/mol. The van der Waals surface area contributed by atoms with Crippen molar-refractivity contribution in [2.24, 2.45) is 17.8 Å². The summed E-state index contributed by atoms with van der Waals surface area (Å²) in [5.74, 6) is -2.26. The molecular formula is C27H35N3O7S2. The zero-order valence-corrected chi connectivity index (χ0v) is 24.4. The summed E-state index contributed by atoms with van der Waals surface area (Å²) in [7, 11) is 0. The minimum atomic E-state index is -1.19. The van der Waals surface area contributed by atoms with Gasteiger partial charge in [0, 0.05) is 23.6 Å². The summed E-state index contributed by atoms with van der Waals surface area (Å²) in [6.45, 7) is 7.10. The molecule has 1 aliphatic carbocycles. The van der Waals surface area contributed by atoms with Crippen LogP contribution < -0.4 is 0 Å². The Hall–Kier alpha value is -2.57. The number of fused-ring (bicyclic) bond motifs is 2. The first-order valence-corrected chi connectivity index (χ1v) is 15.5. The van der Waals surface area contributed by atoms with Crippen molar-refractivity contribution < 1.29 is 33.7 Å². The number of thioether (sulfide) groups is 1. The molecule has 5 atom stereocenters. The molecule has 0 radical (unpaired) electrons. The van der Waals surface area contributed by atoms with E-state index < -0.39 is 30.4 Å². The third kappa shape index (κ3) is 5.06. The summed E-state index contributed by atoms with van der Waals surface area (Å²) >= 11 is 3.01. The summed E-state index contributed by atoms with van der Waals surface area (Å²) in [5, 5.41) is 11.2. The first kappa shape index (κ1) is 28.0. The van der Waals surface area contributed by atoms with Crippen molar-refractivity contribution in [1.82, 2.24) is 14.3 Å². The molecule has 1 unspecified atom stereocenters. The molecule has 10 nitrogen and oxygen atoms in total. The van der Waals surface area contributed by atoms with Crippen LogP contribution in [-0.2, 0) is 23.8 Å². The van der Waals surface area contributed by atoms with E-state index in [-0.39, 0.29) is 35.6 Å². The largest absolute Gasteiger partial charge is 0.511 e. The van der Waals surface area contributed by atoms with Crippen molar-refractivity contribution in [3.8, 4) is 0 Å². The Bertz CT molecular complexity index is 1290. The lowest BCUT2D eigenvalue weighted by Gasteiger charge is -2.46. The van der Waals surface area contributed by atoms with Gasteiger partial charge in [-0.15, -0.1) is 23.1 Å². The smallest absolute Gasteiger partial charge is 0.431 e. The first-order valence-electron chi connectivity index (χ1n) is 13.5. The van der Waals surface area contributed by atoms with Gasteiger partial charge in [0.2, 0.25) is 5.91 Å². The van der Waals surface area contributed by atoms with Gasteiger partial charge < -0.3 is 24.2 Å². The normalized spacial score (nSPS) is 25.1. The highest BCUT2D eigenvalue weighted by Gasteiger charge is 2.60. The van der Waals surface area contributed by atoms with Gasteiger partial charge in [-0.25, -0.2) is 14.6 Å². The number of aliphatic hydroxyl groups is 1. The summed E-state index contributed by atoms with van der Waals surface area (Å²) in [5.41, 5.74) is 0.807. The van der Waals surface area contributed by atoms with Gasteiger partial charge in [0.15, 0.2) is 0 Å². The molecule has 1 amide bonds. The van der Waals surface area contributed by atoms with Crippen LogP contribution in [0.15, 0.2) is 23.2 Å². The Balaban J connectivity index is 1.44. The monoisotopic (exact) mass is 577 g/mol. The van der Waals surface area contributed by atoms with Crippen molar-refractivity contribution in [3.63, 3.8) is 0 Å². The van der Waals surface area contributed by atoms with E-state index in [4.69, 9.17) is 14.2 Å². The van der Waals surface area contributed by atoms with Crippen molar-refractivity contribution in [2.45, 2.75) is 89.4 Å². The molecule has 39 heavy (non-hydrogen) atoms. The van der Waals surface area contributed by atoms with Crippen molar-refractivity contribution in [3.05, 3.63) is 23.1 Å². The molecule has 0 bridgehead atoms. The Labute approximate surface area is 235 Å². The minimum absolute atomic E-state index is 0.132. The van der Waals surface area contributed by atoms with Crippen LogP contribution in [0.5, 0.6) is 0 Å². The van der Waals surface area contributed by atoms with Crippen LogP contribution in [0.25, 0.3) is 10.4 Å². The molecule has 1 saturated heterocycles. The Morgan fingerprint density at radius 1 is 1.18 bits per heavy atom. The number of amides is 1. The molecule has 12 heteroatoms. The van der Waals surface area contributed by atoms with E-state index in [0.29, 0.717) is 5.57 Å². The minimum Gasteiger partial charge on any atom is -0.431 e. The highest BCUT2D eigenvalue weighted by atomic mass is 32.2. The summed E-state index contributed by atoms with van der Waals surface area (Å²) in [4.78, 5) is 47.1. The average Bonchev–Trinajstić information content (AvgIpc) is 3.53. The maximum Gasteiger partial charge on any atom is 0.511 e. The third-order valence-electron chi connectivity index (χ3n) is 7.80. The lowest BCUT2D eigenvalue weighted by atomic mass is 9.77. The van der Waals surface area contributed by atoms with E-state index >= 15 is 0 Å². The zero-order chi connectivity index (χ0) is 28.0. The molecule has 3 aliphatic rings. The Morgan fingerprint density at radius 2 is 1.90 bits per heavy atom. The molecule has 0 aromatic carbocycles. The third-order valence-corrected chi connectivity index (χ3v) is 9.76. The number of nitrogens with zero attached hydrogens (tertiary/aromatic N) is 3. The van der Waals surface area contributed by atoms with E-state index in [2.05, 4.69) is 4.98 Å². The van der Waals surface area contributed by atoms with E-state index in [1.54, 1.807) is 27.1 Å². The molecule has 5 rings (SSSR count). The van der Waals surface area contributed by atoms with Crippen LogP contribution in [-0.4, -0.2) is 68.2 Å². The Kier molecular flexibility index (Phi) is 7.98. The number of hydrogen-bond acceptors (Lipinski definition) is 10. The summed E-state index contributed by atoms with van der Waals surface area (Å²) in [6, 6.07) is -0.371. The number of thiazole rings is 1. The topological polar surface area (TPSA) is 120 Å². The zero-order valence-electron chi connectivity index (χ0n) is 22.8. The van der Waals surface area contributed by atoms with Gasteiger partial charge in [-0.3, -0.25) is 9.20 Å². The Morgan fingerprint density at radius 3 is 2.54 bits per heavy atom. The molecule has 2 fully saturated rings. The number of esters is 1. The maximum absolute atomic E-state index is 13.8. The molecular weight excluding hydrogens is 542 g/mol. The molecule has 2 aromatic rings. The van der Waals surface area contributed by atoms with E-state index in [0.717, 1.165) is 46.8 Å². The number of carbonyl (C=O) groups excluding carboxylic acids is 3. The number of hydrogen-bond donors (Lipinski definition) is 1. The molecule has 2 aliphatic heterocycles. The van der Waals surface area contributed by atoms with Gasteiger partial charge >= 0.3 is 12.1 Å². The average molecular weight is 578 g/mol. The number of carbonyl (C=O) groups is 3. The van der Waals surface area contributed by atoms with Gasteiger partial charge in [0.25, 0.3) is 6.29 Å². The highest BCUT2D eigenvalue weighted by Crippen LogP contribution is 2.52. The number of aromatic nitrogens is 2. The molecule has 212 valence electrons. The first-order chi connectivity index (χ1) is 18.6. The molecule has 2 aromatic heterocycles. The SMILES string of the molecule is CSc1ncn2cc(C3=C(C(=O)OC(OC(=O)OC4CCCCC4)C(C)C)N4C(=O)[C@H]([C@@H](C)O)[C@H]4[C@H]3C)sc12. The fourth-order valence-electron chi connectivity index (χ4n) is 5.82. The van der Waals surface area contributed by atoms with Gasteiger partial charge in [-0.1, -0.05) is 27.2 Å². The van der Waals surface area contributed by atoms with Crippen LogP contribution in [0.1, 0.15) is 64.7 Å². The molecule has 4 heterocycles. The van der Waals surface area contributed by atoms with E-state index in [1.165, 1.54) is 28.0 Å². The fourth-order valence-corrected chi connectivity index (χ4v) is 7.74. The number of aliphatic hydroxyl groups excluding tert-OH is 1. The van der Waals surface area contributed by atoms with Gasteiger partial charge in [0.1, 0.15) is 28.0 Å². The molecule has 1 saturated carbocycles. The fraction of sp³-hybridized carbons (Fsp3) is 0.630. The van der Waals surface area contributed by atoms with E-state index in [1.807, 2.05) is 23.8 Å². The van der Waals surface area contributed by atoms with Crippen LogP contribution in [0.2, 0.25) is 0 Å². The highest BCUT2D eigenvalue weighted by molar-refractivity contribution is 7.98. The quantitative estimate of drug-likeness (QED) is 0.206. The number of imidazole rings is 1. The van der Waals surface area contributed by atoms with Crippen LogP contribution in [0, 0.1) is 17.8 Å². The van der Waals surface area contributed by atoms with Crippen molar-refractivity contribution >= 4 is 51.5 Å². The molecule has 1 N–H and O–H groups in total. The number of ether oxygens (including phenoxy) is 3. The van der Waals surface area contributed by atoms with Crippen LogP contribution in [0.3, 0.4) is 0 Å². The molecule has 0 spiro atoms. The van der Waals surface area contributed by atoms with E-state index in [9.17, 15) is 19.5 Å². The standard InChI is InChI=1S/C27H35N3O7S2/c1-13(2)26(37-27(34)35-16-9-7-6-8-10-16)36-25(33)21-18(14(3)20-19(15(4)31)23(32)30(20)21)17-11-29-12-28-22(38-5)24(29)39-17/h11-16,19-20,26,31H,6-10H2,1-5H3/t14-,15+,19+,20+,26?/m0/s1. The lowest BCUT2D eigenvalue weighted by Crippen LogP contribution is -2.63. The van der Waals surface area contributed by atoms with Gasteiger partial charge in [0.05, 0.1) is 22.9 Å². The lowest BCUT2D eigenvalue weighted by molar-refractivity contribution is -0.182. The second-order valence-electron chi connectivity index (χ2n) is 10.8.